The predicted molar refractivity (Wildman–Crippen MR) is 54.7 cm³/mol. The lowest BCUT2D eigenvalue weighted by atomic mass is 10.3. The molecule has 0 fully saturated rings. The van der Waals surface area contributed by atoms with Crippen molar-refractivity contribution in [3.63, 3.8) is 0 Å². The van der Waals surface area contributed by atoms with Gasteiger partial charge >= 0.3 is 0 Å². The number of hydrogen-bond acceptors (Lipinski definition) is 2. The molecule has 0 aliphatic heterocycles. The zero-order valence-electron chi connectivity index (χ0n) is 6.25. The molecule has 0 aliphatic rings. The van der Waals surface area contributed by atoms with E-state index in [1.165, 1.54) is 0 Å². The minimum atomic E-state index is 0.762. The van der Waals surface area contributed by atoms with Crippen LogP contribution in [0.5, 0.6) is 0 Å². The van der Waals surface area contributed by atoms with Crippen LogP contribution in [0.15, 0.2) is 24.2 Å². The normalized spacial score (nSPS) is 10.4. The fourth-order valence-electron chi connectivity index (χ4n) is 1.07. The predicted octanol–water partition coefficient (Wildman–Crippen LogP) is 3.59. The van der Waals surface area contributed by atoms with E-state index in [0.29, 0.717) is 0 Å². The van der Waals surface area contributed by atoms with E-state index in [-0.39, 0.29) is 0 Å². The zero-order valence-corrected chi connectivity index (χ0v) is 7.82. The number of thiophene rings is 1. The summed E-state index contributed by atoms with van der Waals surface area (Å²) in [6.07, 6.45) is 3.51. The molecule has 0 aliphatic carbocycles. The first-order chi connectivity index (χ1) is 5.83. The Morgan fingerprint density at radius 2 is 2.42 bits per heavy atom. The Morgan fingerprint density at radius 1 is 1.58 bits per heavy atom. The summed E-state index contributed by atoms with van der Waals surface area (Å²) in [5, 5.41) is 2.77. The highest BCUT2D eigenvalue weighted by Crippen LogP contribution is 2.30. The number of nitrogens with zero attached hydrogens (tertiary/aromatic N) is 1. The fourth-order valence-corrected chi connectivity index (χ4v) is 2.26. The summed E-state index contributed by atoms with van der Waals surface area (Å²) in [7, 11) is 0. The molecular formula is C9H6ClNS. The standard InChI is InChI=1S/C9H6ClNS/c1-2-6-5-12-9-7(10)3-4-11-8(6)9/h2-5H,1H2. The highest BCUT2D eigenvalue weighted by Gasteiger charge is 2.04. The van der Waals surface area contributed by atoms with Crippen LogP contribution in [0.2, 0.25) is 5.02 Å². The van der Waals surface area contributed by atoms with Gasteiger partial charge in [-0.2, -0.15) is 0 Å². The molecule has 0 unspecified atom stereocenters. The summed E-state index contributed by atoms with van der Waals surface area (Å²) in [6.45, 7) is 3.71. The van der Waals surface area contributed by atoms with Gasteiger partial charge in [0.15, 0.2) is 0 Å². The van der Waals surface area contributed by atoms with Crippen molar-refractivity contribution in [1.82, 2.24) is 4.98 Å². The van der Waals surface area contributed by atoms with Crippen LogP contribution < -0.4 is 0 Å². The lowest BCUT2D eigenvalue weighted by molar-refractivity contribution is 1.42. The van der Waals surface area contributed by atoms with E-state index in [0.717, 1.165) is 20.8 Å². The molecule has 2 aromatic heterocycles. The molecule has 60 valence electrons. The minimum Gasteiger partial charge on any atom is -0.255 e. The number of pyridine rings is 1. The molecule has 2 rings (SSSR count). The second-order valence-electron chi connectivity index (χ2n) is 2.37. The minimum absolute atomic E-state index is 0.762. The van der Waals surface area contributed by atoms with Gasteiger partial charge < -0.3 is 0 Å². The van der Waals surface area contributed by atoms with E-state index >= 15 is 0 Å². The summed E-state index contributed by atoms with van der Waals surface area (Å²) >= 11 is 7.56. The van der Waals surface area contributed by atoms with Crippen LogP contribution in [0.25, 0.3) is 16.3 Å². The van der Waals surface area contributed by atoms with Crippen molar-refractivity contribution in [1.29, 1.82) is 0 Å². The van der Waals surface area contributed by atoms with Gasteiger partial charge in [0.2, 0.25) is 0 Å². The van der Waals surface area contributed by atoms with Crippen LogP contribution >= 0.6 is 22.9 Å². The first-order valence-corrected chi connectivity index (χ1v) is 4.73. The Balaban J connectivity index is 2.88. The average molecular weight is 196 g/mol. The van der Waals surface area contributed by atoms with Crippen molar-refractivity contribution in [3.8, 4) is 0 Å². The van der Waals surface area contributed by atoms with E-state index in [4.69, 9.17) is 11.6 Å². The zero-order chi connectivity index (χ0) is 8.55. The van der Waals surface area contributed by atoms with Crippen LogP contribution in [0.1, 0.15) is 5.56 Å². The maximum atomic E-state index is 5.96. The molecule has 1 nitrogen and oxygen atoms in total. The molecule has 0 bridgehead atoms. The average Bonchev–Trinajstić information content (AvgIpc) is 2.49. The topological polar surface area (TPSA) is 12.9 Å². The maximum absolute atomic E-state index is 5.96. The van der Waals surface area contributed by atoms with Gasteiger partial charge in [-0.3, -0.25) is 4.98 Å². The van der Waals surface area contributed by atoms with Crippen molar-refractivity contribution in [2.45, 2.75) is 0 Å². The molecule has 0 atom stereocenters. The van der Waals surface area contributed by atoms with E-state index < -0.39 is 0 Å². The largest absolute Gasteiger partial charge is 0.255 e. The molecule has 0 saturated carbocycles. The monoisotopic (exact) mass is 195 g/mol. The van der Waals surface area contributed by atoms with Crippen molar-refractivity contribution in [2.75, 3.05) is 0 Å². The van der Waals surface area contributed by atoms with Crippen LogP contribution in [0, 0.1) is 0 Å². The molecule has 0 spiro atoms. The first-order valence-electron chi connectivity index (χ1n) is 3.47. The van der Waals surface area contributed by atoms with E-state index in [9.17, 15) is 0 Å². The van der Waals surface area contributed by atoms with Gasteiger partial charge in [-0.05, 0) is 6.07 Å². The molecular weight excluding hydrogens is 190 g/mol. The highest BCUT2D eigenvalue weighted by atomic mass is 35.5. The number of hydrogen-bond donors (Lipinski definition) is 0. The van der Waals surface area contributed by atoms with Gasteiger partial charge in [0.25, 0.3) is 0 Å². The summed E-state index contributed by atoms with van der Waals surface area (Å²) in [5.74, 6) is 0. The van der Waals surface area contributed by atoms with Crippen molar-refractivity contribution >= 4 is 39.2 Å². The van der Waals surface area contributed by atoms with Gasteiger partial charge in [0.05, 0.1) is 15.2 Å². The summed E-state index contributed by atoms with van der Waals surface area (Å²) in [5.41, 5.74) is 2.00. The van der Waals surface area contributed by atoms with Crippen LogP contribution in [-0.2, 0) is 0 Å². The highest BCUT2D eigenvalue weighted by molar-refractivity contribution is 7.18. The number of rotatable bonds is 1. The number of aromatic nitrogens is 1. The Morgan fingerprint density at radius 3 is 3.17 bits per heavy atom. The van der Waals surface area contributed by atoms with Crippen molar-refractivity contribution in [2.24, 2.45) is 0 Å². The van der Waals surface area contributed by atoms with Crippen LogP contribution in [0.3, 0.4) is 0 Å². The van der Waals surface area contributed by atoms with Crippen LogP contribution in [0.4, 0.5) is 0 Å². The Labute approximate surface area is 79.3 Å². The molecule has 0 aromatic carbocycles. The van der Waals surface area contributed by atoms with Crippen molar-refractivity contribution in [3.05, 3.63) is 34.8 Å². The van der Waals surface area contributed by atoms with Gasteiger partial charge in [-0.1, -0.05) is 24.3 Å². The molecule has 12 heavy (non-hydrogen) atoms. The third-order valence-electron chi connectivity index (χ3n) is 1.65. The third-order valence-corrected chi connectivity index (χ3v) is 3.10. The Hall–Kier alpha value is -0.860. The van der Waals surface area contributed by atoms with Gasteiger partial charge in [0.1, 0.15) is 0 Å². The summed E-state index contributed by atoms with van der Waals surface area (Å²) in [6, 6.07) is 1.80. The molecule has 2 heterocycles. The SMILES string of the molecule is C=Cc1csc2c(Cl)ccnc12. The van der Waals surface area contributed by atoms with E-state index in [1.54, 1.807) is 29.7 Å². The number of halogens is 1. The molecule has 3 heteroatoms. The Kier molecular flexibility index (Phi) is 1.87. The summed E-state index contributed by atoms with van der Waals surface area (Å²) < 4.78 is 1.04. The molecule has 0 amide bonds. The smallest absolute Gasteiger partial charge is 0.0896 e. The second-order valence-corrected chi connectivity index (χ2v) is 3.65. The fraction of sp³-hybridized carbons (Fsp3) is 0. The molecule has 0 saturated heterocycles. The quantitative estimate of drug-likeness (QED) is 0.678. The van der Waals surface area contributed by atoms with E-state index in [2.05, 4.69) is 11.6 Å². The molecule has 2 aromatic rings. The maximum Gasteiger partial charge on any atom is 0.0896 e. The van der Waals surface area contributed by atoms with E-state index in [1.807, 2.05) is 5.38 Å². The third kappa shape index (κ3) is 1.04. The lowest BCUT2D eigenvalue weighted by Gasteiger charge is -1.91. The van der Waals surface area contributed by atoms with Crippen molar-refractivity contribution < 1.29 is 0 Å². The Bertz CT molecular complexity index is 433. The first kappa shape index (κ1) is 7.77. The molecule has 0 N–H and O–H groups in total. The molecule has 0 radical (unpaired) electrons. The van der Waals surface area contributed by atoms with Gasteiger partial charge in [0, 0.05) is 17.1 Å². The van der Waals surface area contributed by atoms with Gasteiger partial charge in [-0.25, -0.2) is 0 Å². The van der Waals surface area contributed by atoms with Crippen LogP contribution in [-0.4, -0.2) is 4.98 Å². The van der Waals surface area contributed by atoms with Gasteiger partial charge in [-0.15, -0.1) is 11.3 Å². The summed E-state index contributed by atoms with van der Waals surface area (Å²) in [4.78, 5) is 4.23. The lowest BCUT2D eigenvalue weighted by Crippen LogP contribution is -1.74. The number of fused-ring (bicyclic) bond motifs is 1. The second kappa shape index (κ2) is 2.88.